The van der Waals surface area contributed by atoms with Crippen LogP contribution >= 0.6 is 0 Å². The Bertz CT molecular complexity index is 179. The highest BCUT2D eigenvalue weighted by Gasteiger charge is 2.31. The monoisotopic (exact) mass is 167 g/mol. The Morgan fingerprint density at radius 3 is 3.25 bits per heavy atom. The zero-order valence-electron chi connectivity index (χ0n) is 7.37. The minimum atomic E-state index is 0.638. The third kappa shape index (κ3) is 1.46. The molecule has 1 fully saturated rings. The van der Waals surface area contributed by atoms with Gasteiger partial charge in [-0.15, -0.1) is 0 Å². The smallest absolute Gasteiger partial charge is 0.0518 e. The van der Waals surface area contributed by atoms with E-state index in [0.717, 1.165) is 12.5 Å². The molecule has 0 radical (unpaired) electrons. The van der Waals surface area contributed by atoms with Gasteiger partial charge in [0.2, 0.25) is 0 Å². The summed E-state index contributed by atoms with van der Waals surface area (Å²) in [5, 5.41) is 4.12. The second kappa shape index (κ2) is 3.44. The maximum absolute atomic E-state index is 5.55. The van der Waals surface area contributed by atoms with E-state index in [-0.39, 0.29) is 0 Å². The maximum Gasteiger partial charge on any atom is 0.0518 e. The summed E-state index contributed by atoms with van der Waals surface area (Å²) in [6.07, 6.45) is 7.16. The molecule has 3 nitrogen and oxygen atoms in total. The number of fused-ring (bicyclic) bond motifs is 1. The summed E-state index contributed by atoms with van der Waals surface area (Å²) in [6, 6.07) is 0.638. The minimum absolute atomic E-state index is 0.638. The van der Waals surface area contributed by atoms with Crippen LogP contribution in [0.4, 0.5) is 0 Å². The van der Waals surface area contributed by atoms with Crippen LogP contribution in [0.3, 0.4) is 0 Å². The second-order valence-electron chi connectivity index (χ2n) is 3.93. The number of nitrogens with zero attached hydrogens (tertiary/aromatic N) is 1. The van der Waals surface area contributed by atoms with Crippen molar-refractivity contribution in [1.82, 2.24) is 5.43 Å². The van der Waals surface area contributed by atoms with Crippen LogP contribution in [0.1, 0.15) is 25.7 Å². The average molecular weight is 167 g/mol. The molecule has 12 heavy (non-hydrogen) atoms. The predicted molar refractivity (Wildman–Crippen MR) is 49.9 cm³/mol. The Hall–Kier alpha value is -0.570. The van der Waals surface area contributed by atoms with E-state index in [4.69, 9.17) is 5.73 Å². The number of rotatable bonds is 2. The highest BCUT2D eigenvalue weighted by Crippen LogP contribution is 2.31. The van der Waals surface area contributed by atoms with Gasteiger partial charge in [0.1, 0.15) is 0 Å². The Labute approximate surface area is 73.4 Å². The van der Waals surface area contributed by atoms with E-state index in [2.05, 4.69) is 16.7 Å². The molecule has 0 saturated heterocycles. The van der Waals surface area contributed by atoms with Crippen molar-refractivity contribution in [2.24, 2.45) is 22.7 Å². The van der Waals surface area contributed by atoms with Gasteiger partial charge in [-0.1, -0.05) is 0 Å². The van der Waals surface area contributed by atoms with E-state index < -0.39 is 0 Å². The first-order chi connectivity index (χ1) is 5.90. The standard InChI is InChI=1S/C9H17N3/c10-4-3-7-1-2-9-8(5-7)6-11-12-9/h6-9,12H,1-5,10H2. The Morgan fingerprint density at radius 1 is 1.50 bits per heavy atom. The second-order valence-corrected chi connectivity index (χ2v) is 3.93. The van der Waals surface area contributed by atoms with Crippen molar-refractivity contribution in [3.8, 4) is 0 Å². The van der Waals surface area contributed by atoms with Crippen molar-refractivity contribution in [3.05, 3.63) is 0 Å². The van der Waals surface area contributed by atoms with Crippen molar-refractivity contribution in [2.45, 2.75) is 31.7 Å². The lowest BCUT2D eigenvalue weighted by molar-refractivity contribution is 0.263. The summed E-state index contributed by atoms with van der Waals surface area (Å²) < 4.78 is 0. The number of hydrazone groups is 1. The fourth-order valence-electron chi connectivity index (χ4n) is 2.35. The zero-order valence-corrected chi connectivity index (χ0v) is 7.37. The van der Waals surface area contributed by atoms with Gasteiger partial charge >= 0.3 is 0 Å². The number of hydrogen-bond donors (Lipinski definition) is 2. The van der Waals surface area contributed by atoms with Gasteiger partial charge in [-0.05, 0) is 38.1 Å². The average Bonchev–Trinajstić information content (AvgIpc) is 2.51. The molecule has 1 heterocycles. The quantitative estimate of drug-likeness (QED) is 0.636. The summed E-state index contributed by atoms with van der Waals surface area (Å²) in [5.74, 6) is 1.54. The molecule has 0 aromatic carbocycles. The van der Waals surface area contributed by atoms with Crippen LogP contribution in [0.5, 0.6) is 0 Å². The first kappa shape index (κ1) is 8.05. The molecular formula is C9H17N3. The Kier molecular flexibility index (Phi) is 2.30. The first-order valence-electron chi connectivity index (χ1n) is 4.89. The van der Waals surface area contributed by atoms with Gasteiger partial charge in [-0.3, -0.25) is 0 Å². The van der Waals surface area contributed by atoms with Crippen molar-refractivity contribution >= 4 is 6.21 Å². The molecule has 3 N–H and O–H groups in total. The molecule has 0 aromatic rings. The molecule has 3 heteroatoms. The van der Waals surface area contributed by atoms with Crippen LogP contribution in [-0.2, 0) is 0 Å². The molecule has 1 aliphatic carbocycles. The van der Waals surface area contributed by atoms with Crippen LogP contribution in [0.2, 0.25) is 0 Å². The number of nitrogens with one attached hydrogen (secondary N) is 1. The van der Waals surface area contributed by atoms with E-state index in [1.54, 1.807) is 0 Å². The Balaban J connectivity index is 1.87. The van der Waals surface area contributed by atoms with Gasteiger partial charge in [-0.2, -0.15) is 5.10 Å². The SMILES string of the molecule is NCCC1CCC2NN=CC2C1. The topological polar surface area (TPSA) is 50.4 Å². The van der Waals surface area contributed by atoms with Crippen LogP contribution in [0.15, 0.2) is 5.10 Å². The highest BCUT2D eigenvalue weighted by atomic mass is 15.3. The molecule has 3 atom stereocenters. The van der Waals surface area contributed by atoms with E-state index in [9.17, 15) is 0 Å². The summed E-state index contributed by atoms with van der Waals surface area (Å²) >= 11 is 0. The van der Waals surface area contributed by atoms with E-state index in [0.29, 0.717) is 12.0 Å². The van der Waals surface area contributed by atoms with Crippen LogP contribution in [0.25, 0.3) is 0 Å². The molecule has 0 spiro atoms. The van der Waals surface area contributed by atoms with Crippen LogP contribution < -0.4 is 11.2 Å². The van der Waals surface area contributed by atoms with Crippen molar-refractivity contribution in [1.29, 1.82) is 0 Å². The molecular weight excluding hydrogens is 150 g/mol. The fourth-order valence-corrected chi connectivity index (χ4v) is 2.35. The fraction of sp³-hybridized carbons (Fsp3) is 0.889. The summed E-state index contributed by atoms with van der Waals surface area (Å²) in [4.78, 5) is 0. The molecule has 0 amide bonds. The molecule has 1 saturated carbocycles. The van der Waals surface area contributed by atoms with E-state index in [1.807, 2.05) is 0 Å². The third-order valence-electron chi connectivity index (χ3n) is 3.09. The lowest BCUT2D eigenvalue weighted by Crippen LogP contribution is -2.34. The molecule has 0 bridgehead atoms. The normalized spacial score (nSPS) is 39.2. The summed E-state index contributed by atoms with van der Waals surface area (Å²) in [5.41, 5.74) is 8.71. The first-order valence-corrected chi connectivity index (χ1v) is 4.89. The van der Waals surface area contributed by atoms with Gasteiger partial charge in [0, 0.05) is 12.1 Å². The highest BCUT2D eigenvalue weighted by molar-refractivity contribution is 5.63. The lowest BCUT2D eigenvalue weighted by Gasteiger charge is -2.29. The van der Waals surface area contributed by atoms with Gasteiger partial charge in [0.05, 0.1) is 6.04 Å². The van der Waals surface area contributed by atoms with E-state index >= 15 is 0 Å². The minimum Gasteiger partial charge on any atom is -0.330 e. The third-order valence-corrected chi connectivity index (χ3v) is 3.09. The zero-order chi connectivity index (χ0) is 8.39. The van der Waals surface area contributed by atoms with Gasteiger partial charge < -0.3 is 11.2 Å². The van der Waals surface area contributed by atoms with Gasteiger partial charge in [-0.25, -0.2) is 0 Å². The van der Waals surface area contributed by atoms with Crippen molar-refractivity contribution < 1.29 is 0 Å². The van der Waals surface area contributed by atoms with E-state index in [1.165, 1.54) is 25.7 Å². The molecule has 2 rings (SSSR count). The molecule has 3 unspecified atom stereocenters. The predicted octanol–water partition coefficient (Wildman–Crippen LogP) is 0.709. The molecule has 1 aliphatic heterocycles. The summed E-state index contributed by atoms with van der Waals surface area (Å²) in [7, 11) is 0. The number of hydrogen-bond acceptors (Lipinski definition) is 3. The Morgan fingerprint density at radius 2 is 2.42 bits per heavy atom. The van der Waals surface area contributed by atoms with Crippen LogP contribution in [0, 0.1) is 11.8 Å². The van der Waals surface area contributed by atoms with Crippen molar-refractivity contribution in [2.75, 3.05) is 6.54 Å². The molecule has 0 aromatic heterocycles. The van der Waals surface area contributed by atoms with Gasteiger partial charge in [0.15, 0.2) is 0 Å². The van der Waals surface area contributed by atoms with Crippen LogP contribution in [-0.4, -0.2) is 18.8 Å². The van der Waals surface area contributed by atoms with Gasteiger partial charge in [0.25, 0.3) is 0 Å². The lowest BCUT2D eigenvalue weighted by atomic mass is 9.78. The largest absolute Gasteiger partial charge is 0.330 e. The maximum atomic E-state index is 5.55. The van der Waals surface area contributed by atoms with Crippen molar-refractivity contribution in [3.63, 3.8) is 0 Å². The number of nitrogens with two attached hydrogens (primary N) is 1. The molecule has 2 aliphatic rings. The summed E-state index contributed by atoms with van der Waals surface area (Å²) in [6.45, 7) is 0.840. The molecule has 68 valence electrons.